The van der Waals surface area contributed by atoms with E-state index < -0.39 is 29.9 Å². The number of hydrogen-bond acceptors (Lipinski definition) is 6. The highest BCUT2D eigenvalue weighted by Crippen LogP contribution is 2.13. The molecule has 4 amide bonds. The number of rotatable bonds is 13. The van der Waals surface area contributed by atoms with Crippen LogP contribution in [0.1, 0.15) is 25.0 Å². The largest absolute Gasteiger partial charge is 0.508 e. The smallest absolute Gasteiger partial charge is 0.242 e. The van der Waals surface area contributed by atoms with E-state index in [0.29, 0.717) is 13.0 Å². The summed E-state index contributed by atoms with van der Waals surface area (Å²) < 4.78 is 0.859. The second kappa shape index (κ2) is 15.0. The highest BCUT2D eigenvalue weighted by Gasteiger charge is 2.24. The van der Waals surface area contributed by atoms with Crippen molar-refractivity contribution in [3.63, 3.8) is 0 Å². The minimum Gasteiger partial charge on any atom is -0.508 e. The van der Waals surface area contributed by atoms with Gasteiger partial charge in [0.1, 0.15) is 17.8 Å². The molecule has 0 aliphatic heterocycles. The third-order valence-corrected chi connectivity index (χ3v) is 6.04. The van der Waals surface area contributed by atoms with Crippen molar-refractivity contribution in [3.8, 4) is 5.75 Å². The quantitative estimate of drug-likeness (QED) is 0.208. The number of likely N-dealkylation sites (N-methyl/N-ethyl adjacent to an activating group) is 2. The van der Waals surface area contributed by atoms with Gasteiger partial charge in [-0.05, 0) is 62.7 Å². The second-order valence-electron chi connectivity index (χ2n) is 8.51. The molecule has 2 aromatic rings. The third kappa shape index (κ3) is 10.2. The van der Waals surface area contributed by atoms with Gasteiger partial charge in [-0.3, -0.25) is 19.2 Å². The molecule has 3 atom stereocenters. The Kier molecular flexibility index (Phi) is 12.0. The Morgan fingerprint density at radius 2 is 1.54 bits per heavy atom. The van der Waals surface area contributed by atoms with Gasteiger partial charge in [0.15, 0.2) is 0 Å². The lowest BCUT2D eigenvalue weighted by molar-refractivity contribution is -0.131. The van der Waals surface area contributed by atoms with Crippen LogP contribution in [0, 0.1) is 0 Å². The number of halogens is 1. The first kappa shape index (κ1) is 29.8. The topological polar surface area (TPSA) is 149 Å². The lowest BCUT2D eigenvalue weighted by Crippen LogP contribution is -2.54. The number of aromatic hydroxyl groups is 1. The normalized spacial score (nSPS) is 13.1. The van der Waals surface area contributed by atoms with Crippen LogP contribution in [0.25, 0.3) is 0 Å². The van der Waals surface area contributed by atoms with Crippen LogP contribution in [0.4, 0.5) is 0 Å². The number of phenols is 1. The third-order valence-electron chi connectivity index (χ3n) is 5.55. The Morgan fingerprint density at radius 1 is 0.865 bits per heavy atom. The number of benzene rings is 2. The van der Waals surface area contributed by atoms with Crippen molar-refractivity contribution in [3.05, 3.63) is 64.1 Å². The van der Waals surface area contributed by atoms with E-state index in [9.17, 15) is 24.3 Å². The molecule has 0 bridgehead atoms. The van der Waals surface area contributed by atoms with E-state index in [4.69, 9.17) is 0 Å². The van der Waals surface area contributed by atoms with Crippen molar-refractivity contribution >= 4 is 39.6 Å². The molecule has 0 aliphatic carbocycles. The Balaban J connectivity index is 1.88. The minimum absolute atomic E-state index is 0.133. The zero-order valence-corrected chi connectivity index (χ0v) is 22.7. The van der Waals surface area contributed by atoms with Crippen molar-refractivity contribution in [1.29, 1.82) is 0 Å². The number of carbonyl (C=O) groups excluding carboxylic acids is 4. The first-order valence-electron chi connectivity index (χ1n) is 12.0. The molecular formula is C26H34BrN5O5. The minimum atomic E-state index is -0.892. The summed E-state index contributed by atoms with van der Waals surface area (Å²) in [6.07, 6.45) is 0.641. The molecule has 0 saturated carbocycles. The molecule has 200 valence electrons. The molecule has 37 heavy (non-hydrogen) atoms. The lowest BCUT2D eigenvalue weighted by Gasteiger charge is -2.21. The standard InChI is InChI=1S/C26H34BrN5O5/c1-4-29-25(36)22(14-18-6-5-7-19(27)12-18)32-23(34)15-30-24(35)16(2)31-26(37)21(28-3)13-17-8-10-20(33)11-9-17/h5-12,16,21-22,28,33H,4,13-15H2,1-3H3,(H,29,36)(H,30,35)(H,31,37)(H,32,34)/t16-,21+,22+/m1/s1. The number of nitrogens with one attached hydrogen (secondary N) is 5. The van der Waals surface area contributed by atoms with Crippen molar-refractivity contribution in [1.82, 2.24) is 26.6 Å². The molecule has 0 radical (unpaired) electrons. The molecule has 0 fully saturated rings. The van der Waals surface area contributed by atoms with Crippen molar-refractivity contribution in [2.45, 2.75) is 44.8 Å². The number of phenolic OH excluding ortho intramolecular Hbond substituents is 1. The van der Waals surface area contributed by atoms with Crippen LogP contribution in [-0.4, -0.2) is 67.0 Å². The zero-order valence-electron chi connectivity index (χ0n) is 21.1. The van der Waals surface area contributed by atoms with Gasteiger partial charge < -0.3 is 31.7 Å². The first-order chi connectivity index (χ1) is 17.6. The van der Waals surface area contributed by atoms with E-state index in [1.807, 2.05) is 24.3 Å². The van der Waals surface area contributed by atoms with Gasteiger partial charge in [-0.2, -0.15) is 0 Å². The molecule has 10 nitrogen and oxygen atoms in total. The Hall–Kier alpha value is -3.44. The summed E-state index contributed by atoms with van der Waals surface area (Å²) in [5, 5.41) is 22.8. The van der Waals surface area contributed by atoms with Crippen LogP contribution in [0.3, 0.4) is 0 Å². The summed E-state index contributed by atoms with van der Waals surface area (Å²) in [6, 6.07) is 11.6. The van der Waals surface area contributed by atoms with E-state index in [1.165, 1.54) is 19.1 Å². The molecule has 0 aromatic heterocycles. The molecule has 0 spiro atoms. The van der Waals surface area contributed by atoms with Crippen molar-refractivity contribution in [2.24, 2.45) is 0 Å². The van der Waals surface area contributed by atoms with Crippen molar-refractivity contribution in [2.75, 3.05) is 20.1 Å². The van der Waals surface area contributed by atoms with Gasteiger partial charge in [-0.25, -0.2) is 0 Å². The fourth-order valence-corrected chi connectivity index (χ4v) is 3.99. The van der Waals surface area contributed by atoms with Gasteiger partial charge in [0.05, 0.1) is 12.6 Å². The van der Waals surface area contributed by atoms with Gasteiger partial charge in [-0.15, -0.1) is 0 Å². The monoisotopic (exact) mass is 575 g/mol. The molecule has 0 heterocycles. The maximum absolute atomic E-state index is 12.6. The predicted molar refractivity (Wildman–Crippen MR) is 144 cm³/mol. The molecule has 11 heteroatoms. The number of hydrogen-bond donors (Lipinski definition) is 6. The number of carbonyl (C=O) groups is 4. The SMILES string of the molecule is CCNC(=O)[C@H](Cc1cccc(Br)c1)NC(=O)CNC(=O)[C@@H](C)NC(=O)[C@H](Cc1ccc(O)cc1)NC. The van der Waals surface area contributed by atoms with Crippen LogP contribution >= 0.6 is 15.9 Å². The maximum Gasteiger partial charge on any atom is 0.242 e. The summed E-state index contributed by atoms with van der Waals surface area (Å²) in [7, 11) is 1.64. The molecule has 6 N–H and O–H groups in total. The molecule has 0 aliphatic rings. The summed E-state index contributed by atoms with van der Waals surface area (Å²) in [4.78, 5) is 50.2. The predicted octanol–water partition coefficient (Wildman–Crippen LogP) is 0.770. The van der Waals surface area contributed by atoms with Gasteiger partial charge in [0.25, 0.3) is 0 Å². The Labute approximate surface area is 225 Å². The summed E-state index contributed by atoms with van der Waals surface area (Å²) >= 11 is 3.40. The lowest BCUT2D eigenvalue weighted by atomic mass is 10.0. The number of amides is 4. The Morgan fingerprint density at radius 3 is 2.16 bits per heavy atom. The molecule has 2 aromatic carbocycles. The van der Waals surface area contributed by atoms with E-state index in [1.54, 1.807) is 26.1 Å². The van der Waals surface area contributed by atoms with Crippen LogP contribution in [0.2, 0.25) is 0 Å². The average Bonchev–Trinajstić information content (AvgIpc) is 2.86. The van der Waals surface area contributed by atoms with Gasteiger partial charge in [0.2, 0.25) is 23.6 Å². The van der Waals surface area contributed by atoms with Crippen LogP contribution in [0.15, 0.2) is 53.0 Å². The van der Waals surface area contributed by atoms with E-state index in [2.05, 4.69) is 42.5 Å². The average molecular weight is 576 g/mol. The Bertz CT molecular complexity index is 1080. The fraction of sp³-hybridized carbons (Fsp3) is 0.385. The first-order valence-corrected chi connectivity index (χ1v) is 12.8. The van der Waals surface area contributed by atoms with E-state index >= 15 is 0 Å². The highest BCUT2D eigenvalue weighted by molar-refractivity contribution is 9.10. The van der Waals surface area contributed by atoms with Crippen molar-refractivity contribution < 1.29 is 24.3 Å². The van der Waals surface area contributed by atoms with Crippen LogP contribution in [-0.2, 0) is 32.0 Å². The zero-order chi connectivity index (χ0) is 27.4. The van der Waals surface area contributed by atoms with Crippen LogP contribution in [0.5, 0.6) is 5.75 Å². The highest BCUT2D eigenvalue weighted by atomic mass is 79.9. The summed E-state index contributed by atoms with van der Waals surface area (Å²) in [5.41, 5.74) is 1.70. The van der Waals surface area contributed by atoms with Gasteiger partial charge in [-0.1, -0.05) is 40.2 Å². The molecular weight excluding hydrogens is 542 g/mol. The molecule has 0 saturated heterocycles. The fourth-order valence-electron chi connectivity index (χ4n) is 3.55. The maximum atomic E-state index is 12.6. The summed E-state index contributed by atoms with van der Waals surface area (Å²) in [5.74, 6) is -1.64. The van der Waals surface area contributed by atoms with Gasteiger partial charge in [0, 0.05) is 17.4 Å². The second-order valence-corrected chi connectivity index (χ2v) is 9.42. The van der Waals surface area contributed by atoms with Crippen LogP contribution < -0.4 is 26.6 Å². The van der Waals surface area contributed by atoms with E-state index in [-0.39, 0.29) is 30.5 Å². The van der Waals surface area contributed by atoms with Gasteiger partial charge >= 0.3 is 0 Å². The van der Waals surface area contributed by atoms with E-state index in [0.717, 1.165) is 15.6 Å². The summed E-state index contributed by atoms with van der Waals surface area (Å²) in [6.45, 7) is 3.37. The molecule has 2 rings (SSSR count). The molecule has 0 unspecified atom stereocenters.